The van der Waals surface area contributed by atoms with Crippen LogP contribution < -0.4 is 15.0 Å². The number of amides is 1. The van der Waals surface area contributed by atoms with Crippen LogP contribution in [0, 0.1) is 0 Å². The standard InChI is InChI=1S/C16H24N2O3/c1-13(2)21-15-5-3-4-14(12-15)16(19)17-6-7-18-8-10-20-11-9-18/h3-5,12-13H,6-11H2,1-2H3,(H,17,19)/p+1. The van der Waals surface area contributed by atoms with Gasteiger partial charge in [-0.1, -0.05) is 6.07 Å². The van der Waals surface area contributed by atoms with Crippen LogP contribution in [-0.2, 0) is 4.74 Å². The van der Waals surface area contributed by atoms with Crippen molar-refractivity contribution >= 4 is 5.91 Å². The number of hydrogen-bond acceptors (Lipinski definition) is 3. The highest BCUT2D eigenvalue weighted by Gasteiger charge is 2.14. The fourth-order valence-corrected chi connectivity index (χ4v) is 2.35. The summed E-state index contributed by atoms with van der Waals surface area (Å²) in [4.78, 5) is 13.6. The maximum Gasteiger partial charge on any atom is 0.251 e. The summed E-state index contributed by atoms with van der Waals surface area (Å²) in [5, 5.41) is 2.97. The number of rotatable bonds is 6. The van der Waals surface area contributed by atoms with Crippen molar-refractivity contribution in [3.63, 3.8) is 0 Å². The average molecular weight is 293 g/mol. The van der Waals surface area contributed by atoms with Crippen LogP contribution in [-0.4, -0.2) is 51.4 Å². The van der Waals surface area contributed by atoms with E-state index in [2.05, 4.69) is 5.32 Å². The summed E-state index contributed by atoms with van der Waals surface area (Å²) in [5.74, 6) is 0.688. The van der Waals surface area contributed by atoms with Gasteiger partial charge in [-0.3, -0.25) is 4.79 Å². The van der Waals surface area contributed by atoms with Crippen molar-refractivity contribution in [1.82, 2.24) is 5.32 Å². The Morgan fingerprint density at radius 3 is 2.86 bits per heavy atom. The predicted molar refractivity (Wildman–Crippen MR) is 80.9 cm³/mol. The molecule has 1 fully saturated rings. The van der Waals surface area contributed by atoms with Gasteiger partial charge in [-0.25, -0.2) is 0 Å². The van der Waals surface area contributed by atoms with Crippen molar-refractivity contribution < 1.29 is 19.2 Å². The van der Waals surface area contributed by atoms with Gasteiger partial charge in [-0.15, -0.1) is 0 Å². The summed E-state index contributed by atoms with van der Waals surface area (Å²) in [7, 11) is 0. The molecule has 5 heteroatoms. The second-order valence-electron chi connectivity index (χ2n) is 5.56. The highest BCUT2D eigenvalue weighted by atomic mass is 16.5. The molecule has 0 radical (unpaired) electrons. The second kappa shape index (κ2) is 8.00. The molecule has 0 unspecified atom stereocenters. The lowest BCUT2D eigenvalue weighted by atomic mass is 10.2. The first-order valence-electron chi connectivity index (χ1n) is 7.61. The van der Waals surface area contributed by atoms with Crippen LogP contribution in [0.2, 0.25) is 0 Å². The first kappa shape index (κ1) is 15.8. The molecule has 0 bridgehead atoms. The monoisotopic (exact) mass is 293 g/mol. The Kier molecular flexibility index (Phi) is 6.02. The summed E-state index contributed by atoms with van der Waals surface area (Å²) in [5.41, 5.74) is 0.644. The average Bonchev–Trinajstić information content (AvgIpc) is 2.48. The summed E-state index contributed by atoms with van der Waals surface area (Å²) in [6.45, 7) is 9.24. The quantitative estimate of drug-likeness (QED) is 0.783. The molecule has 1 heterocycles. The SMILES string of the molecule is CC(C)Oc1cccc(C(=O)NCC[NH+]2CCOCC2)c1. The van der Waals surface area contributed by atoms with Crippen LogP contribution in [0.3, 0.4) is 0 Å². The topological polar surface area (TPSA) is 52.0 Å². The Morgan fingerprint density at radius 2 is 2.14 bits per heavy atom. The van der Waals surface area contributed by atoms with Crippen LogP contribution in [0.4, 0.5) is 0 Å². The van der Waals surface area contributed by atoms with Gasteiger partial charge in [0, 0.05) is 5.56 Å². The maximum atomic E-state index is 12.1. The van der Waals surface area contributed by atoms with Gasteiger partial charge in [0.05, 0.1) is 32.4 Å². The second-order valence-corrected chi connectivity index (χ2v) is 5.56. The summed E-state index contributed by atoms with van der Waals surface area (Å²) >= 11 is 0. The number of carbonyl (C=O) groups is 1. The highest BCUT2D eigenvalue weighted by Crippen LogP contribution is 2.14. The molecule has 0 atom stereocenters. The number of carbonyl (C=O) groups excluding carboxylic acids is 1. The molecule has 1 aliphatic rings. The van der Waals surface area contributed by atoms with Gasteiger partial charge in [-0.2, -0.15) is 0 Å². The third kappa shape index (κ3) is 5.36. The van der Waals surface area contributed by atoms with Crippen molar-refractivity contribution in [3.05, 3.63) is 29.8 Å². The van der Waals surface area contributed by atoms with Crippen molar-refractivity contribution in [3.8, 4) is 5.75 Å². The Morgan fingerprint density at radius 1 is 1.38 bits per heavy atom. The van der Waals surface area contributed by atoms with Crippen molar-refractivity contribution in [2.24, 2.45) is 0 Å². The van der Waals surface area contributed by atoms with E-state index in [1.54, 1.807) is 6.07 Å². The van der Waals surface area contributed by atoms with Gasteiger partial charge in [0.15, 0.2) is 0 Å². The van der Waals surface area contributed by atoms with E-state index in [1.807, 2.05) is 32.0 Å². The molecule has 0 saturated carbocycles. The normalized spacial score (nSPS) is 16.0. The first-order chi connectivity index (χ1) is 10.1. The minimum atomic E-state index is -0.0446. The number of hydrogen-bond donors (Lipinski definition) is 2. The lowest BCUT2D eigenvalue weighted by Gasteiger charge is -2.23. The highest BCUT2D eigenvalue weighted by molar-refractivity contribution is 5.94. The Labute approximate surface area is 126 Å². The van der Waals surface area contributed by atoms with Gasteiger partial charge in [0.25, 0.3) is 5.91 Å². The van der Waals surface area contributed by atoms with E-state index in [0.29, 0.717) is 12.1 Å². The third-order valence-electron chi connectivity index (χ3n) is 3.43. The van der Waals surface area contributed by atoms with Gasteiger partial charge in [0.2, 0.25) is 0 Å². The molecule has 0 aromatic heterocycles. The molecule has 2 N–H and O–H groups in total. The molecule has 116 valence electrons. The molecule has 5 nitrogen and oxygen atoms in total. The summed E-state index contributed by atoms with van der Waals surface area (Å²) < 4.78 is 10.9. The van der Waals surface area contributed by atoms with Crippen LogP contribution >= 0.6 is 0 Å². The summed E-state index contributed by atoms with van der Waals surface area (Å²) in [6, 6.07) is 7.32. The zero-order chi connectivity index (χ0) is 15.1. The van der Waals surface area contributed by atoms with Gasteiger partial charge in [-0.05, 0) is 32.0 Å². The van der Waals surface area contributed by atoms with Gasteiger partial charge in [0.1, 0.15) is 18.8 Å². The molecule has 1 aliphatic heterocycles. The van der Waals surface area contributed by atoms with Crippen LogP contribution in [0.5, 0.6) is 5.75 Å². The van der Waals surface area contributed by atoms with E-state index in [9.17, 15) is 4.79 Å². The van der Waals surface area contributed by atoms with E-state index < -0.39 is 0 Å². The third-order valence-corrected chi connectivity index (χ3v) is 3.43. The zero-order valence-electron chi connectivity index (χ0n) is 12.9. The number of quaternary nitrogens is 1. The lowest BCUT2D eigenvalue weighted by Crippen LogP contribution is -3.14. The predicted octanol–water partition coefficient (Wildman–Crippen LogP) is 0.119. The molecule has 1 aromatic rings. The molecule has 0 aliphatic carbocycles. The molecule has 1 saturated heterocycles. The van der Waals surface area contributed by atoms with Crippen LogP contribution in [0.1, 0.15) is 24.2 Å². The largest absolute Gasteiger partial charge is 0.491 e. The molecule has 1 amide bonds. The Hall–Kier alpha value is -1.59. The Bertz CT molecular complexity index is 457. The van der Waals surface area contributed by atoms with E-state index in [1.165, 1.54) is 4.90 Å². The summed E-state index contributed by atoms with van der Waals surface area (Å²) in [6.07, 6.45) is 0.105. The molecular weight excluding hydrogens is 268 g/mol. The van der Waals surface area contributed by atoms with E-state index in [-0.39, 0.29) is 12.0 Å². The number of ether oxygens (including phenoxy) is 2. The minimum absolute atomic E-state index is 0.0446. The molecule has 1 aromatic carbocycles. The van der Waals surface area contributed by atoms with Crippen molar-refractivity contribution in [1.29, 1.82) is 0 Å². The minimum Gasteiger partial charge on any atom is -0.491 e. The number of benzene rings is 1. The fourth-order valence-electron chi connectivity index (χ4n) is 2.35. The number of morpholine rings is 1. The zero-order valence-corrected chi connectivity index (χ0v) is 12.9. The van der Waals surface area contributed by atoms with Crippen LogP contribution in [0.25, 0.3) is 0 Å². The Balaban J connectivity index is 1.79. The van der Waals surface area contributed by atoms with E-state index in [0.717, 1.165) is 38.6 Å². The van der Waals surface area contributed by atoms with E-state index >= 15 is 0 Å². The fraction of sp³-hybridized carbons (Fsp3) is 0.562. The van der Waals surface area contributed by atoms with Crippen molar-refractivity contribution in [2.75, 3.05) is 39.4 Å². The first-order valence-corrected chi connectivity index (χ1v) is 7.61. The molecular formula is C16H25N2O3+. The molecule has 21 heavy (non-hydrogen) atoms. The maximum absolute atomic E-state index is 12.1. The smallest absolute Gasteiger partial charge is 0.251 e. The molecule has 0 spiro atoms. The van der Waals surface area contributed by atoms with Crippen LogP contribution in [0.15, 0.2) is 24.3 Å². The van der Waals surface area contributed by atoms with Gasteiger partial charge >= 0.3 is 0 Å². The van der Waals surface area contributed by atoms with Gasteiger partial charge < -0.3 is 19.7 Å². The number of nitrogens with one attached hydrogen (secondary N) is 2. The van der Waals surface area contributed by atoms with E-state index in [4.69, 9.17) is 9.47 Å². The molecule has 2 rings (SSSR count). The van der Waals surface area contributed by atoms with Crippen molar-refractivity contribution in [2.45, 2.75) is 20.0 Å². The lowest BCUT2D eigenvalue weighted by molar-refractivity contribution is -0.906.